The molecule has 0 radical (unpaired) electrons. The predicted molar refractivity (Wildman–Crippen MR) is 324 cm³/mol. The quantitative estimate of drug-likeness (QED) is 0.0320. The smallest absolute Gasteiger partial charge is 0.305 e. The highest BCUT2D eigenvalue weighted by Crippen LogP contribution is 2.19. The molecule has 1 amide bonds. The number of ether oxygens (including phenoxy) is 1. The second-order valence-corrected chi connectivity index (χ2v) is 23.5. The van der Waals surface area contributed by atoms with Gasteiger partial charge >= 0.3 is 5.97 Å². The van der Waals surface area contributed by atoms with E-state index in [1.54, 1.807) is 0 Å². The monoisotopic (exact) mass is 1040 g/mol. The minimum Gasteiger partial charge on any atom is -0.466 e. The Kier molecular flexibility index (Phi) is 62.9. The highest BCUT2D eigenvalue weighted by atomic mass is 16.5. The van der Waals surface area contributed by atoms with Crippen LogP contribution in [0.1, 0.15) is 386 Å². The van der Waals surface area contributed by atoms with Crippen LogP contribution in [0.5, 0.6) is 0 Å². The van der Waals surface area contributed by atoms with Gasteiger partial charge in [0, 0.05) is 12.8 Å². The van der Waals surface area contributed by atoms with Crippen LogP contribution >= 0.6 is 0 Å². The van der Waals surface area contributed by atoms with E-state index in [4.69, 9.17) is 4.74 Å². The second kappa shape index (κ2) is 64.1. The fourth-order valence-corrected chi connectivity index (χ4v) is 10.9. The molecule has 0 heterocycles. The number of amides is 1. The van der Waals surface area contributed by atoms with E-state index < -0.39 is 12.1 Å². The van der Waals surface area contributed by atoms with Crippen LogP contribution in [-0.4, -0.2) is 47.4 Å². The van der Waals surface area contributed by atoms with E-state index in [1.165, 1.54) is 315 Å². The Labute approximate surface area is 463 Å². The van der Waals surface area contributed by atoms with Gasteiger partial charge in [0.1, 0.15) is 0 Å². The number of carbonyl (C=O) groups excluding carboxylic acids is 2. The highest BCUT2D eigenvalue weighted by molar-refractivity contribution is 5.76. The molecule has 0 saturated heterocycles. The number of hydrogen-bond donors (Lipinski definition) is 3. The van der Waals surface area contributed by atoms with E-state index in [0.717, 1.165) is 38.5 Å². The summed E-state index contributed by atoms with van der Waals surface area (Å²) in [5, 5.41) is 23.3. The lowest BCUT2D eigenvalue weighted by Crippen LogP contribution is -2.45. The Morgan fingerprint density at radius 2 is 0.635 bits per heavy atom. The molecule has 2 atom stereocenters. The summed E-state index contributed by atoms with van der Waals surface area (Å²) in [6, 6.07) is -0.538. The van der Waals surface area contributed by atoms with Crippen LogP contribution in [0.3, 0.4) is 0 Å². The molecule has 0 fully saturated rings. The van der Waals surface area contributed by atoms with E-state index >= 15 is 0 Å². The third kappa shape index (κ3) is 59.8. The number of esters is 1. The average molecular weight is 1040 g/mol. The molecule has 0 spiro atoms. The molecule has 0 aromatic heterocycles. The maximum absolute atomic E-state index is 12.5. The molecule has 0 rings (SSSR count). The van der Waals surface area contributed by atoms with E-state index in [-0.39, 0.29) is 18.5 Å². The van der Waals surface area contributed by atoms with Crippen molar-refractivity contribution in [3.8, 4) is 0 Å². The molecule has 0 aromatic carbocycles. The average Bonchev–Trinajstić information content (AvgIpc) is 3.40. The normalized spacial score (nSPS) is 12.5. The molecule has 2 unspecified atom stereocenters. The van der Waals surface area contributed by atoms with Crippen LogP contribution in [0.15, 0.2) is 12.2 Å². The number of hydrogen-bond acceptors (Lipinski definition) is 5. The summed E-state index contributed by atoms with van der Waals surface area (Å²) in [6.45, 7) is 4.98. The van der Waals surface area contributed by atoms with Crippen molar-refractivity contribution in [3.63, 3.8) is 0 Å². The molecule has 74 heavy (non-hydrogen) atoms. The number of allylic oxidation sites excluding steroid dienone is 2. The first-order valence-electron chi connectivity index (χ1n) is 33.9. The number of unbranched alkanes of at least 4 members (excludes halogenated alkanes) is 51. The van der Waals surface area contributed by atoms with Crippen molar-refractivity contribution in [2.24, 2.45) is 0 Å². The summed E-state index contributed by atoms with van der Waals surface area (Å²) in [7, 11) is 0. The number of nitrogens with one attached hydrogen (secondary N) is 1. The van der Waals surface area contributed by atoms with Gasteiger partial charge in [-0.05, 0) is 51.4 Å². The Balaban J connectivity index is 3.34. The third-order valence-electron chi connectivity index (χ3n) is 16.1. The summed E-state index contributed by atoms with van der Waals surface area (Å²) >= 11 is 0. The fraction of sp³-hybridized carbons (Fsp3) is 0.941. The van der Waals surface area contributed by atoms with E-state index in [9.17, 15) is 19.8 Å². The zero-order valence-electron chi connectivity index (χ0n) is 50.4. The molecule has 0 aromatic rings. The summed E-state index contributed by atoms with van der Waals surface area (Å²) in [5.74, 6) is -0.0107. The van der Waals surface area contributed by atoms with Crippen molar-refractivity contribution in [1.29, 1.82) is 0 Å². The minimum absolute atomic E-state index is 0.0199. The number of carbonyl (C=O) groups is 2. The van der Waals surface area contributed by atoms with Crippen molar-refractivity contribution >= 4 is 11.9 Å². The van der Waals surface area contributed by atoms with Gasteiger partial charge in [0.15, 0.2) is 0 Å². The molecule has 440 valence electrons. The zero-order valence-corrected chi connectivity index (χ0v) is 50.4. The fourth-order valence-electron chi connectivity index (χ4n) is 10.9. The lowest BCUT2D eigenvalue weighted by molar-refractivity contribution is -0.143. The zero-order chi connectivity index (χ0) is 53.6. The molecule has 0 bridgehead atoms. The first kappa shape index (κ1) is 72.6. The molecule has 3 N–H and O–H groups in total. The largest absolute Gasteiger partial charge is 0.466 e. The van der Waals surface area contributed by atoms with Gasteiger partial charge in [-0.2, -0.15) is 0 Å². The van der Waals surface area contributed by atoms with Gasteiger partial charge < -0.3 is 20.3 Å². The van der Waals surface area contributed by atoms with Crippen molar-refractivity contribution < 1.29 is 24.5 Å². The second-order valence-electron chi connectivity index (χ2n) is 23.5. The lowest BCUT2D eigenvalue weighted by Gasteiger charge is -2.22. The number of aliphatic hydroxyl groups is 2. The van der Waals surface area contributed by atoms with E-state index in [2.05, 4.69) is 31.3 Å². The molecule has 0 aliphatic heterocycles. The summed E-state index contributed by atoms with van der Waals surface area (Å²) < 4.78 is 5.49. The van der Waals surface area contributed by atoms with Gasteiger partial charge in [0.2, 0.25) is 5.91 Å². The van der Waals surface area contributed by atoms with Gasteiger partial charge in [0.25, 0.3) is 0 Å². The van der Waals surface area contributed by atoms with Gasteiger partial charge in [-0.25, -0.2) is 0 Å². The molecular formula is C68H133NO5. The van der Waals surface area contributed by atoms with Crippen molar-refractivity contribution in [1.82, 2.24) is 5.32 Å². The Bertz CT molecular complexity index is 1110. The van der Waals surface area contributed by atoms with Crippen LogP contribution in [0.25, 0.3) is 0 Å². The minimum atomic E-state index is -0.661. The molecule has 0 aliphatic carbocycles. The molecule has 6 heteroatoms. The van der Waals surface area contributed by atoms with Crippen LogP contribution in [0.2, 0.25) is 0 Å². The first-order chi connectivity index (χ1) is 36.5. The Hall–Kier alpha value is -1.40. The number of aliphatic hydroxyl groups excluding tert-OH is 2. The van der Waals surface area contributed by atoms with Crippen molar-refractivity contribution in [2.75, 3.05) is 13.2 Å². The maximum atomic E-state index is 12.5. The first-order valence-corrected chi connectivity index (χ1v) is 33.9. The van der Waals surface area contributed by atoms with Gasteiger partial charge in [-0.3, -0.25) is 9.59 Å². The number of rotatable bonds is 64. The maximum Gasteiger partial charge on any atom is 0.305 e. The standard InChI is InChI=1S/C68H133NO5/c1-3-5-7-9-11-13-15-36-40-44-48-52-56-60-66(71)65(64-70)69-67(72)61-57-53-49-45-41-38-34-32-30-28-26-24-22-20-18-17-19-21-23-25-27-29-31-33-35-39-43-47-51-55-59-63-74-68(73)62-58-54-50-46-42-37-16-14-12-10-8-6-4-2/h19,21,65-66,70-71H,3-18,20,22-64H2,1-2H3,(H,69,72)/b21-19-. The molecule has 0 saturated carbocycles. The van der Waals surface area contributed by atoms with Gasteiger partial charge in [-0.1, -0.05) is 334 Å². The lowest BCUT2D eigenvalue weighted by atomic mass is 10.0. The van der Waals surface area contributed by atoms with Crippen LogP contribution in [0.4, 0.5) is 0 Å². The van der Waals surface area contributed by atoms with E-state index in [0.29, 0.717) is 25.9 Å². The summed E-state index contributed by atoms with van der Waals surface area (Å²) in [6.07, 6.45) is 78.3. The van der Waals surface area contributed by atoms with Gasteiger partial charge in [0.05, 0.1) is 25.4 Å². The predicted octanol–water partition coefficient (Wildman–Crippen LogP) is 21.6. The Morgan fingerprint density at radius 1 is 0.365 bits per heavy atom. The van der Waals surface area contributed by atoms with Crippen molar-refractivity contribution in [2.45, 2.75) is 398 Å². The molecule has 6 nitrogen and oxygen atoms in total. The van der Waals surface area contributed by atoms with Gasteiger partial charge in [-0.15, -0.1) is 0 Å². The summed E-state index contributed by atoms with van der Waals surface area (Å²) in [5.41, 5.74) is 0. The topological polar surface area (TPSA) is 95.9 Å². The van der Waals surface area contributed by atoms with Crippen LogP contribution < -0.4 is 5.32 Å². The molecule has 0 aliphatic rings. The van der Waals surface area contributed by atoms with E-state index in [1.807, 2.05) is 0 Å². The van der Waals surface area contributed by atoms with Crippen LogP contribution in [-0.2, 0) is 14.3 Å². The highest BCUT2D eigenvalue weighted by Gasteiger charge is 2.20. The van der Waals surface area contributed by atoms with Crippen molar-refractivity contribution in [3.05, 3.63) is 12.2 Å². The molecular weight excluding hydrogens is 911 g/mol. The third-order valence-corrected chi connectivity index (χ3v) is 16.1. The van der Waals surface area contributed by atoms with Crippen LogP contribution in [0, 0.1) is 0 Å². The Morgan fingerprint density at radius 3 is 0.959 bits per heavy atom. The summed E-state index contributed by atoms with van der Waals surface area (Å²) in [4.78, 5) is 24.5. The SMILES string of the molecule is CCCCCCCCCCCCCCCC(=O)OCCCCCCCCCCCCCC/C=C\CCCCCCCCCCCCCCCCCC(=O)NC(CO)C(O)CCCCCCCCCCCCCCC.